The van der Waals surface area contributed by atoms with E-state index in [-0.39, 0.29) is 23.5 Å². The highest BCUT2D eigenvalue weighted by Gasteiger charge is 2.22. The van der Waals surface area contributed by atoms with Crippen molar-refractivity contribution in [3.05, 3.63) is 29.4 Å². The highest BCUT2D eigenvalue weighted by atomic mass is 32.1. The maximum atomic E-state index is 13.4. The molecule has 2 amide bonds. The number of benzene rings is 1. The number of carbonyl (C=O) groups is 2. The van der Waals surface area contributed by atoms with Gasteiger partial charge in [-0.2, -0.15) is 0 Å². The Bertz CT molecular complexity index is 859. The molecule has 0 saturated carbocycles. The number of imide groups is 1. The molecule has 1 aliphatic heterocycles. The summed E-state index contributed by atoms with van der Waals surface area (Å²) in [4.78, 5) is 30.0. The van der Waals surface area contributed by atoms with Crippen LogP contribution in [0.5, 0.6) is 0 Å². The van der Waals surface area contributed by atoms with E-state index in [4.69, 9.17) is 0 Å². The number of piperazine rings is 1. The molecule has 158 valence electrons. The fourth-order valence-corrected chi connectivity index (χ4v) is 4.78. The molecule has 0 radical (unpaired) electrons. The van der Waals surface area contributed by atoms with E-state index in [1.54, 1.807) is 17.4 Å². The van der Waals surface area contributed by atoms with Gasteiger partial charge in [0.1, 0.15) is 5.82 Å². The van der Waals surface area contributed by atoms with Gasteiger partial charge < -0.3 is 4.90 Å². The summed E-state index contributed by atoms with van der Waals surface area (Å²) in [7, 11) is 0. The topological polar surface area (TPSA) is 43.9 Å². The zero-order valence-electron chi connectivity index (χ0n) is 17.5. The van der Waals surface area contributed by atoms with Gasteiger partial charge in [-0.25, -0.2) is 4.39 Å². The number of rotatable bonds is 7. The lowest BCUT2D eigenvalue weighted by Gasteiger charge is -2.36. The van der Waals surface area contributed by atoms with E-state index in [1.807, 2.05) is 19.9 Å². The van der Waals surface area contributed by atoms with Crippen molar-refractivity contribution in [3.63, 3.8) is 0 Å². The Balaban J connectivity index is 1.44. The first kappa shape index (κ1) is 21.7. The molecule has 1 aromatic heterocycles. The smallest absolute Gasteiger partial charge is 0.231 e. The molecule has 29 heavy (non-hydrogen) atoms. The number of carbonyl (C=O) groups excluding carboxylic acids is 2. The van der Waals surface area contributed by atoms with Crippen LogP contribution in [0, 0.1) is 11.7 Å². The van der Waals surface area contributed by atoms with Gasteiger partial charge in [-0.05, 0) is 37.6 Å². The van der Waals surface area contributed by atoms with Crippen LogP contribution >= 0.6 is 11.3 Å². The Morgan fingerprint density at radius 2 is 1.90 bits per heavy atom. The molecular weight excluding hydrogens is 389 g/mol. The van der Waals surface area contributed by atoms with E-state index in [0.717, 1.165) is 55.7 Å². The molecule has 5 nitrogen and oxygen atoms in total. The molecule has 0 atom stereocenters. The van der Waals surface area contributed by atoms with Crippen molar-refractivity contribution >= 4 is 38.9 Å². The number of unbranched alkanes of at least 4 members (excludes halogenated alkanes) is 1. The molecule has 0 spiro atoms. The van der Waals surface area contributed by atoms with Crippen molar-refractivity contribution in [1.29, 1.82) is 0 Å². The average Bonchev–Trinajstić information content (AvgIpc) is 3.10. The quantitative estimate of drug-likeness (QED) is 0.637. The summed E-state index contributed by atoms with van der Waals surface area (Å²) in [5.41, 5.74) is 1.20. The van der Waals surface area contributed by atoms with Crippen LogP contribution < -0.4 is 4.90 Å². The summed E-state index contributed by atoms with van der Waals surface area (Å²) >= 11 is 1.59. The molecule has 1 aromatic carbocycles. The molecule has 0 bridgehead atoms. The predicted molar refractivity (Wildman–Crippen MR) is 117 cm³/mol. The van der Waals surface area contributed by atoms with E-state index in [0.29, 0.717) is 6.54 Å². The Hall–Kier alpha value is -1.99. The van der Waals surface area contributed by atoms with Crippen LogP contribution in [-0.4, -0.2) is 60.9 Å². The maximum absolute atomic E-state index is 13.4. The van der Waals surface area contributed by atoms with Gasteiger partial charge in [0.05, 0.1) is 5.69 Å². The van der Waals surface area contributed by atoms with Gasteiger partial charge in [0.2, 0.25) is 11.8 Å². The van der Waals surface area contributed by atoms with Crippen molar-refractivity contribution in [2.75, 3.05) is 44.2 Å². The molecule has 3 rings (SSSR count). The van der Waals surface area contributed by atoms with Crippen molar-refractivity contribution in [1.82, 2.24) is 9.80 Å². The van der Waals surface area contributed by atoms with Gasteiger partial charge in [-0.15, -0.1) is 11.3 Å². The molecule has 1 fully saturated rings. The molecule has 1 aliphatic rings. The lowest BCUT2D eigenvalue weighted by molar-refractivity contribution is -0.145. The number of amides is 2. The first-order chi connectivity index (χ1) is 13.9. The summed E-state index contributed by atoms with van der Waals surface area (Å²) < 4.78 is 14.4. The van der Waals surface area contributed by atoms with Gasteiger partial charge >= 0.3 is 0 Å². The number of halogens is 1. The molecule has 0 unspecified atom stereocenters. The normalized spacial score (nSPS) is 15.3. The van der Waals surface area contributed by atoms with E-state index < -0.39 is 0 Å². The van der Waals surface area contributed by atoms with Crippen LogP contribution in [0.2, 0.25) is 0 Å². The number of hydrogen-bond acceptors (Lipinski definition) is 5. The fourth-order valence-electron chi connectivity index (χ4n) is 3.79. The summed E-state index contributed by atoms with van der Waals surface area (Å²) in [5, 5.41) is 3.26. The van der Waals surface area contributed by atoms with E-state index in [2.05, 4.69) is 15.2 Å². The second-order valence-electron chi connectivity index (χ2n) is 7.96. The third kappa shape index (κ3) is 5.34. The zero-order chi connectivity index (χ0) is 21.0. The van der Waals surface area contributed by atoms with Crippen LogP contribution in [-0.2, 0) is 9.59 Å². The largest absolute Gasteiger partial charge is 0.368 e. The van der Waals surface area contributed by atoms with Crippen molar-refractivity contribution in [3.8, 4) is 0 Å². The number of hydrogen-bond donors (Lipinski definition) is 0. The number of nitrogens with zero attached hydrogens (tertiary/aromatic N) is 3. The van der Waals surface area contributed by atoms with Gasteiger partial charge in [0.25, 0.3) is 0 Å². The second kappa shape index (κ2) is 9.67. The maximum Gasteiger partial charge on any atom is 0.231 e. The first-order valence-corrected chi connectivity index (χ1v) is 11.2. The third-order valence-corrected chi connectivity index (χ3v) is 6.41. The Kier molecular flexibility index (Phi) is 7.24. The SMILES string of the molecule is CC(=O)N(CCCCN1CCN(c2csc3cc(F)ccc23)CC1)C(=O)C(C)C. The molecule has 1 saturated heterocycles. The van der Waals surface area contributed by atoms with Gasteiger partial charge in [-0.1, -0.05) is 13.8 Å². The van der Waals surface area contributed by atoms with Gasteiger partial charge in [0, 0.05) is 61.0 Å². The van der Waals surface area contributed by atoms with Crippen LogP contribution in [0.1, 0.15) is 33.6 Å². The van der Waals surface area contributed by atoms with Gasteiger partial charge in [-0.3, -0.25) is 19.4 Å². The van der Waals surface area contributed by atoms with Gasteiger partial charge in [0.15, 0.2) is 0 Å². The van der Waals surface area contributed by atoms with E-state index in [1.165, 1.54) is 23.6 Å². The molecular formula is C22H30FN3O2S. The number of fused-ring (bicyclic) bond motifs is 1. The zero-order valence-corrected chi connectivity index (χ0v) is 18.3. The van der Waals surface area contributed by atoms with Crippen LogP contribution in [0.4, 0.5) is 10.1 Å². The minimum absolute atomic E-state index is 0.0889. The fraction of sp³-hybridized carbons (Fsp3) is 0.545. The Labute approximate surface area is 176 Å². The van der Waals surface area contributed by atoms with Crippen molar-refractivity contribution in [2.45, 2.75) is 33.6 Å². The van der Waals surface area contributed by atoms with Crippen molar-refractivity contribution in [2.24, 2.45) is 5.92 Å². The third-order valence-electron chi connectivity index (χ3n) is 5.48. The standard InChI is InChI=1S/C22H30FN3O2S/c1-16(2)22(28)26(17(3)27)9-5-4-8-24-10-12-25(13-11-24)20-15-29-21-14-18(23)6-7-19(20)21/h6-7,14-16H,4-5,8-13H2,1-3H3. The monoisotopic (exact) mass is 419 g/mol. The second-order valence-corrected chi connectivity index (χ2v) is 8.87. The lowest BCUT2D eigenvalue weighted by atomic mass is 10.1. The molecule has 7 heteroatoms. The number of anilines is 1. The lowest BCUT2D eigenvalue weighted by Crippen LogP contribution is -2.46. The first-order valence-electron chi connectivity index (χ1n) is 10.3. The summed E-state index contributed by atoms with van der Waals surface area (Å²) in [6.45, 7) is 10.5. The highest BCUT2D eigenvalue weighted by molar-refractivity contribution is 7.17. The minimum atomic E-state index is -0.186. The van der Waals surface area contributed by atoms with E-state index in [9.17, 15) is 14.0 Å². The summed E-state index contributed by atoms with van der Waals surface area (Å²) in [5.74, 6) is -0.597. The Morgan fingerprint density at radius 1 is 1.17 bits per heavy atom. The molecule has 0 aliphatic carbocycles. The van der Waals surface area contributed by atoms with Crippen molar-refractivity contribution < 1.29 is 14.0 Å². The predicted octanol–water partition coefficient (Wildman–Crippen LogP) is 3.97. The Morgan fingerprint density at radius 3 is 2.55 bits per heavy atom. The molecule has 0 N–H and O–H groups in total. The summed E-state index contributed by atoms with van der Waals surface area (Å²) in [6.07, 6.45) is 1.80. The minimum Gasteiger partial charge on any atom is -0.368 e. The van der Waals surface area contributed by atoms with Crippen LogP contribution in [0.15, 0.2) is 23.6 Å². The molecule has 2 heterocycles. The highest BCUT2D eigenvalue weighted by Crippen LogP contribution is 2.34. The summed E-state index contributed by atoms with van der Waals surface area (Å²) in [6, 6.07) is 5.01. The average molecular weight is 420 g/mol. The van der Waals surface area contributed by atoms with Crippen LogP contribution in [0.3, 0.4) is 0 Å². The number of thiophene rings is 1. The molecule has 2 aromatic rings. The van der Waals surface area contributed by atoms with E-state index >= 15 is 0 Å². The van der Waals surface area contributed by atoms with Crippen LogP contribution in [0.25, 0.3) is 10.1 Å².